The Morgan fingerprint density at radius 2 is 2.29 bits per heavy atom. The van der Waals surface area contributed by atoms with E-state index in [4.69, 9.17) is 4.74 Å². The summed E-state index contributed by atoms with van der Waals surface area (Å²) in [6.45, 7) is 0. The van der Waals surface area contributed by atoms with Gasteiger partial charge < -0.3 is 4.74 Å². The van der Waals surface area contributed by atoms with Crippen LogP contribution in [0.25, 0.3) is 0 Å². The Balaban J connectivity index is 2.02. The van der Waals surface area contributed by atoms with Gasteiger partial charge in [-0.05, 0) is 47.3 Å². The molecule has 1 aliphatic rings. The number of hydrogen-bond acceptors (Lipinski definition) is 3. The van der Waals surface area contributed by atoms with Crippen LogP contribution in [0.2, 0.25) is 0 Å². The van der Waals surface area contributed by atoms with Gasteiger partial charge in [0.25, 0.3) is 0 Å². The van der Waals surface area contributed by atoms with Crippen molar-refractivity contribution < 1.29 is 9.53 Å². The van der Waals surface area contributed by atoms with E-state index in [1.807, 2.05) is 0 Å². The van der Waals surface area contributed by atoms with E-state index < -0.39 is 0 Å². The fourth-order valence-corrected chi connectivity index (χ4v) is 1.57. The third kappa shape index (κ3) is 2.12. The number of pyridine rings is 1. The zero-order valence-corrected chi connectivity index (χ0v) is 9.16. The van der Waals surface area contributed by atoms with Crippen molar-refractivity contribution in [1.29, 1.82) is 0 Å². The molecule has 1 aromatic heterocycles. The molecule has 0 unspecified atom stereocenters. The summed E-state index contributed by atoms with van der Waals surface area (Å²) in [4.78, 5) is 15.5. The minimum Gasteiger partial charge on any atom is -0.458 e. The Morgan fingerprint density at radius 1 is 1.50 bits per heavy atom. The monoisotopic (exact) mass is 255 g/mol. The van der Waals surface area contributed by atoms with Crippen LogP contribution in [-0.2, 0) is 4.74 Å². The highest BCUT2D eigenvalue weighted by atomic mass is 79.9. The van der Waals surface area contributed by atoms with Crippen LogP contribution in [0.3, 0.4) is 0 Å². The molecule has 0 radical (unpaired) electrons. The van der Waals surface area contributed by atoms with Crippen LogP contribution in [0.4, 0.5) is 0 Å². The number of hydrogen-bond donors (Lipinski definition) is 0. The lowest BCUT2D eigenvalue weighted by molar-refractivity contribution is 0.00835. The Labute approximate surface area is 90.6 Å². The molecule has 1 heterocycles. The Kier molecular flexibility index (Phi) is 2.82. The average Bonchev–Trinajstić information content (AvgIpc) is 2.11. The lowest BCUT2D eigenvalue weighted by Crippen LogP contribution is -2.25. The van der Waals surface area contributed by atoms with Crippen molar-refractivity contribution in [3.8, 4) is 0 Å². The van der Waals surface area contributed by atoms with Gasteiger partial charge in [0.05, 0.1) is 0 Å². The molecule has 3 nitrogen and oxygen atoms in total. The summed E-state index contributed by atoms with van der Waals surface area (Å²) in [5.74, 6) is -0.323. The second kappa shape index (κ2) is 4.09. The topological polar surface area (TPSA) is 39.2 Å². The van der Waals surface area contributed by atoms with E-state index in [2.05, 4.69) is 20.9 Å². The first-order chi connectivity index (χ1) is 6.75. The Hall–Kier alpha value is -0.900. The molecule has 2 rings (SSSR count). The minimum absolute atomic E-state index is 0.114. The van der Waals surface area contributed by atoms with Crippen LogP contribution in [-0.4, -0.2) is 17.1 Å². The molecule has 0 spiro atoms. The third-order valence-electron chi connectivity index (χ3n) is 2.25. The van der Waals surface area contributed by atoms with Crippen molar-refractivity contribution in [2.24, 2.45) is 0 Å². The van der Waals surface area contributed by atoms with Crippen molar-refractivity contribution >= 4 is 21.9 Å². The second-order valence-corrected chi connectivity index (χ2v) is 4.12. The predicted molar refractivity (Wildman–Crippen MR) is 55.0 cm³/mol. The van der Waals surface area contributed by atoms with E-state index in [0.29, 0.717) is 10.3 Å². The summed E-state index contributed by atoms with van der Waals surface area (Å²) in [6.07, 6.45) is 3.24. The van der Waals surface area contributed by atoms with Crippen molar-refractivity contribution in [3.05, 3.63) is 28.5 Å². The SMILES string of the molecule is O=C(OC1CCC1)c1cccc(Br)n1. The van der Waals surface area contributed by atoms with Gasteiger partial charge in [-0.2, -0.15) is 0 Å². The largest absolute Gasteiger partial charge is 0.458 e. The van der Waals surface area contributed by atoms with E-state index >= 15 is 0 Å². The normalized spacial score (nSPS) is 16.1. The summed E-state index contributed by atoms with van der Waals surface area (Å²) in [5, 5.41) is 0. The van der Waals surface area contributed by atoms with Gasteiger partial charge in [0, 0.05) is 0 Å². The van der Waals surface area contributed by atoms with Crippen LogP contribution < -0.4 is 0 Å². The Bertz CT molecular complexity index is 350. The van der Waals surface area contributed by atoms with Crippen molar-refractivity contribution in [2.45, 2.75) is 25.4 Å². The van der Waals surface area contributed by atoms with Gasteiger partial charge >= 0.3 is 5.97 Å². The summed E-state index contributed by atoms with van der Waals surface area (Å²) in [6, 6.07) is 5.21. The number of carbonyl (C=O) groups excluding carboxylic acids is 1. The van der Waals surface area contributed by atoms with Crippen LogP contribution >= 0.6 is 15.9 Å². The average molecular weight is 256 g/mol. The zero-order valence-electron chi connectivity index (χ0n) is 7.57. The molecule has 1 saturated carbocycles. The van der Waals surface area contributed by atoms with Crippen LogP contribution in [0, 0.1) is 0 Å². The van der Waals surface area contributed by atoms with Gasteiger partial charge in [-0.3, -0.25) is 0 Å². The fourth-order valence-electron chi connectivity index (χ4n) is 1.22. The Morgan fingerprint density at radius 3 is 2.86 bits per heavy atom. The highest BCUT2D eigenvalue weighted by molar-refractivity contribution is 9.10. The maximum absolute atomic E-state index is 11.5. The van der Waals surface area contributed by atoms with E-state index in [-0.39, 0.29) is 12.1 Å². The highest BCUT2D eigenvalue weighted by Crippen LogP contribution is 2.23. The molecular weight excluding hydrogens is 246 g/mol. The fraction of sp³-hybridized carbons (Fsp3) is 0.400. The van der Waals surface area contributed by atoms with Crippen molar-refractivity contribution in [3.63, 3.8) is 0 Å². The number of nitrogens with zero attached hydrogens (tertiary/aromatic N) is 1. The van der Waals surface area contributed by atoms with Crippen LogP contribution in [0.5, 0.6) is 0 Å². The minimum atomic E-state index is -0.323. The summed E-state index contributed by atoms with van der Waals surface area (Å²) >= 11 is 3.21. The molecule has 14 heavy (non-hydrogen) atoms. The maximum atomic E-state index is 11.5. The number of aromatic nitrogens is 1. The molecular formula is C10H10BrNO2. The van der Waals surface area contributed by atoms with Gasteiger partial charge in [-0.25, -0.2) is 9.78 Å². The van der Waals surface area contributed by atoms with Crippen LogP contribution in [0.1, 0.15) is 29.8 Å². The number of esters is 1. The molecule has 0 atom stereocenters. The predicted octanol–water partition coefficient (Wildman–Crippen LogP) is 2.55. The quantitative estimate of drug-likeness (QED) is 0.603. The van der Waals surface area contributed by atoms with Crippen molar-refractivity contribution in [2.75, 3.05) is 0 Å². The lowest BCUT2D eigenvalue weighted by Gasteiger charge is -2.24. The summed E-state index contributed by atoms with van der Waals surface area (Å²) in [7, 11) is 0. The molecule has 0 aromatic carbocycles. The molecule has 0 aliphatic heterocycles. The first kappa shape index (κ1) is 9.65. The van der Waals surface area contributed by atoms with E-state index in [0.717, 1.165) is 19.3 Å². The molecule has 0 saturated heterocycles. The van der Waals surface area contributed by atoms with E-state index in [9.17, 15) is 4.79 Å². The molecule has 1 aliphatic carbocycles. The number of carbonyl (C=O) groups is 1. The first-order valence-corrected chi connectivity index (χ1v) is 5.38. The van der Waals surface area contributed by atoms with Gasteiger partial charge in [-0.1, -0.05) is 6.07 Å². The lowest BCUT2D eigenvalue weighted by atomic mass is 9.96. The number of halogens is 1. The molecule has 0 N–H and O–H groups in total. The highest BCUT2D eigenvalue weighted by Gasteiger charge is 2.22. The molecule has 0 amide bonds. The molecule has 1 fully saturated rings. The summed E-state index contributed by atoms with van der Waals surface area (Å²) in [5.41, 5.74) is 0.367. The standard InChI is InChI=1S/C10H10BrNO2/c11-9-6-2-5-8(12-9)10(13)14-7-3-1-4-7/h2,5-7H,1,3-4H2. The zero-order chi connectivity index (χ0) is 9.97. The van der Waals surface area contributed by atoms with E-state index in [1.165, 1.54) is 0 Å². The first-order valence-electron chi connectivity index (χ1n) is 4.59. The van der Waals surface area contributed by atoms with Gasteiger partial charge in [-0.15, -0.1) is 0 Å². The maximum Gasteiger partial charge on any atom is 0.357 e. The third-order valence-corrected chi connectivity index (χ3v) is 2.69. The molecule has 74 valence electrons. The number of ether oxygens (including phenoxy) is 1. The smallest absolute Gasteiger partial charge is 0.357 e. The van der Waals surface area contributed by atoms with Gasteiger partial charge in [0.1, 0.15) is 16.4 Å². The van der Waals surface area contributed by atoms with Gasteiger partial charge in [0.15, 0.2) is 0 Å². The molecule has 4 heteroatoms. The van der Waals surface area contributed by atoms with Gasteiger partial charge in [0.2, 0.25) is 0 Å². The molecule has 1 aromatic rings. The molecule has 0 bridgehead atoms. The van der Waals surface area contributed by atoms with E-state index in [1.54, 1.807) is 18.2 Å². The summed E-state index contributed by atoms with van der Waals surface area (Å²) < 4.78 is 5.86. The number of rotatable bonds is 2. The van der Waals surface area contributed by atoms with Crippen LogP contribution in [0.15, 0.2) is 22.8 Å². The van der Waals surface area contributed by atoms with Crippen molar-refractivity contribution in [1.82, 2.24) is 4.98 Å². The second-order valence-electron chi connectivity index (χ2n) is 3.30.